The van der Waals surface area contributed by atoms with Gasteiger partial charge in [-0.25, -0.2) is 4.57 Å². The molecule has 0 radical (unpaired) electrons. The van der Waals surface area contributed by atoms with E-state index in [1.54, 1.807) is 30.5 Å². The molecule has 0 fully saturated rings. The lowest BCUT2D eigenvalue weighted by Crippen LogP contribution is -2.37. The number of methoxy groups -OCH3 is 1. The highest BCUT2D eigenvalue weighted by molar-refractivity contribution is 6.14. The third kappa shape index (κ3) is 4.34. The zero-order valence-corrected chi connectivity index (χ0v) is 18.4. The Morgan fingerprint density at radius 3 is 2.82 bits per heavy atom. The van der Waals surface area contributed by atoms with Crippen LogP contribution in [0.25, 0.3) is 0 Å². The van der Waals surface area contributed by atoms with Crippen LogP contribution in [0.1, 0.15) is 35.5 Å². The second kappa shape index (κ2) is 9.64. The Balaban J connectivity index is 1.70. The number of carbonyl (C=O) groups is 2. The number of aromatic nitrogens is 2. The van der Waals surface area contributed by atoms with E-state index in [1.165, 1.54) is 24.3 Å². The van der Waals surface area contributed by atoms with Gasteiger partial charge in [0, 0.05) is 18.5 Å². The smallest absolute Gasteiger partial charge is 0.241 e. The van der Waals surface area contributed by atoms with Crippen LogP contribution in [-0.4, -0.2) is 41.8 Å². The number of amides is 1. The molecular formula is C24H25N3O6. The number of Topliss-reactive ketones (excluding diaryl/α,β-unsaturated/α-hetero) is 1. The van der Waals surface area contributed by atoms with Gasteiger partial charge in [0.1, 0.15) is 12.4 Å². The number of imidazole rings is 1. The number of furan rings is 1. The average molecular weight is 451 g/mol. The monoisotopic (exact) mass is 451 g/mol. The van der Waals surface area contributed by atoms with E-state index >= 15 is 0 Å². The Bertz CT molecular complexity index is 1150. The van der Waals surface area contributed by atoms with Crippen molar-refractivity contribution in [1.82, 2.24) is 9.88 Å². The van der Waals surface area contributed by atoms with Gasteiger partial charge in [-0.15, -0.1) is 0 Å². The van der Waals surface area contributed by atoms with E-state index in [0.717, 1.165) is 0 Å². The molecule has 1 aromatic carbocycles. The molecule has 3 aromatic rings. The second-order valence-electron chi connectivity index (χ2n) is 7.50. The number of benzene rings is 1. The van der Waals surface area contributed by atoms with Crippen molar-refractivity contribution in [3.05, 3.63) is 78.0 Å². The number of aromatic amines is 1. The lowest BCUT2D eigenvalue weighted by molar-refractivity contribution is -0.695. The topological polar surface area (TPSA) is 112 Å². The minimum atomic E-state index is -0.858. The molecule has 0 saturated carbocycles. The van der Waals surface area contributed by atoms with Crippen LogP contribution in [-0.2, 0) is 11.3 Å². The third-order valence-corrected chi connectivity index (χ3v) is 5.50. The number of hydrogen-bond acceptors (Lipinski definition) is 6. The van der Waals surface area contributed by atoms with Crippen molar-refractivity contribution in [2.24, 2.45) is 0 Å². The van der Waals surface area contributed by atoms with Gasteiger partial charge in [0.15, 0.2) is 17.3 Å². The highest BCUT2D eigenvalue weighted by Gasteiger charge is 2.40. The van der Waals surface area contributed by atoms with E-state index in [-0.39, 0.29) is 17.9 Å². The van der Waals surface area contributed by atoms with Crippen LogP contribution in [0.2, 0.25) is 0 Å². The van der Waals surface area contributed by atoms with E-state index in [1.807, 2.05) is 24.0 Å². The van der Waals surface area contributed by atoms with Gasteiger partial charge in [-0.1, -0.05) is 6.07 Å². The summed E-state index contributed by atoms with van der Waals surface area (Å²) in [7, 11) is 1.51. The summed E-state index contributed by atoms with van der Waals surface area (Å²) in [5, 5.41) is 13.0. The van der Waals surface area contributed by atoms with Gasteiger partial charge in [0.25, 0.3) is 0 Å². The van der Waals surface area contributed by atoms with Crippen molar-refractivity contribution in [1.29, 1.82) is 0 Å². The molecule has 1 N–H and O–H groups in total. The Morgan fingerprint density at radius 2 is 2.15 bits per heavy atom. The third-order valence-electron chi connectivity index (χ3n) is 5.50. The molecular weight excluding hydrogens is 426 g/mol. The lowest BCUT2D eigenvalue weighted by Gasteiger charge is -2.28. The Labute approximate surface area is 190 Å². The fourth-order valence-corrected chi connectivity index (χ4v) is 4.00. The highest BCUT2D eigenvalue weighted by atomic mass is 16.5. The Morgan fingerprint density at radius 1 is 1.30 bits per heavy atom. The summed E-state index contributed by atoms with van der Waals surface area (Å²) >= 11 is 0. The molecule has 4 rings (SSSR count). The number of H-pyrrole nitrogens is 1. The van der Waals surface area contributed by atoms with Gasteiger partial charge < -0.3 is 23.9 Å². The molecule has 172 valence electrons. The van der Waals surface area contributed by atoms with Crippen LogP contribution in [0.4, 0.5) is 0 Å². The minimum Gasteiger partial charge on any atom is -0.868 e. The van der Waals surface area contributed by atoms with E-state index in [0.29, 0.717) is 36.6 Å². The van der Waals surface area contributed by atoms with Crippen LogP contribution in [0.15, 0.2) is 71.1 Å². The normalized spacial score (nSPS) is 15.9. The number of ether oxygens (including phenoxy) is 2. The summed E-state index contributed by atoms with van der Waals surface area (Å²) in [4.78, 5) is 30.6. The van der Waals surface area contributed by atoms with Crippen molar-refractivity contribution >= 4 is 11.7 Å². The summed E-state index contributed by atoms with van der Waals surface area (Å²) in [6.07, 6.45) is 7.44. The van der Waals surface area contributed by atoms with Crippen molar-refractivity contribution in [3.8, 4) is 11.5 Å². The quantitative estimate of drug-likeness (QED) is 0.372. The molecule has 0 aliphatic carbocycles. The van der Waals surface area contributed by atoms with E-state index in [2.05, 4.69) is 4.98 Å². The second-order valence-corrected chi connectivity index (χ2v) is 7.50. The fourth-order valence-electron chi connectivity index (χ4n) is 4.00. The maximum absolute atomic E-state index is 13.2. The molecule has 2 aromatic heterocycles. The predicted octanol–water partition coefficient (Wildman–Crippen LogP) is 1.77. The first kappa shape index (κ1) is 22.2. The first-order valence-electron chi connectivity index (χ1n) is 10.7. The number of aryl methyl sites for hydroxylation is 1. The first-order valence-corrected chi connectivity index (χ1v) is 10.7. The lowest BCUT2D eigenvalue weighted by atomic mass is 9.94. The maximum atomic E-state index is 13.2. The molecule has 1 unspecified atom stereocenters. The number of hydrogen-bond donors (Lipinski definition) is 1. The van der Waals surface area contributed by atoms with E-state index in [4.69, 9.17) is 13.9 Å². The van der Waals surface area contributed by atoms with Crippen LogP contribution in [0.5, 0.6) is 11.5 Å². The molecule has 0 saturated heterocycles. The molecule has 1 atom stereocenters. The minimum absolute atomic E-state index is 0.0128. The predicted molar refractivity (Wildman–Crippen MR) is 114 cm³/mol. The van der Waals surface area contributed by atoms with Gasteiger partial charge in [-0.2, -0.15) is 0 Å². The molecule has 33 heavy (non-hydrogen) atoms. The SMILES string of the molecule is CCOc1ccc(C2C(C(=O)c3ccco3)=C([O-])C(=O)N2CCC[n+]2cc[nH]c2)cc1OC. The zero-order chi connectivity index (χ0) is 23.4. The largest absolute Gasteiger partial charge is 0.868 e. The van der Waals surface area contributed by atoms with E-state index in [9.17, 15) is 14.7 Å². The number of rotatable bonds is 10. The number of nitrogens with zero attached hydrogens (tertiary/aromatic N) is 2. The fraction of sp³-hybridized carbons (Fsp3) is 0.292. The maximum Gasteiger partial charge on any atom is 0.241 e. The molecule has 1 amide bonds. The first-order chi connectivity index (χ1) is 16.0. The van der Waals surface area contributed by atoms with Gasteiger partial charge in [-0.05, 0) is 42.5 Å². The van der Waals surface area contributed by atoms with Crippen LogP contribution < -0.4 is 19.1 Å². The Hall–Kier alpha value is -4.01. The number of carbonyl (C=O) groups excluding carboxylic acids is 2. The summed E-state index contributed by atoms with van der Waals surface area (Å²) in [5.41, 5.74) is 0.453. The number of nitrogens with one attached hydrogen (secondary N) is 1. The molecule has 9 nitrogen and oxygen atoms in total. The molecule has 1 aliphatic rings. The average Bonchev–Trinajstić information content (AvgIpc) is 3.58. The van der Waals surface area contributed by atoms with Gasteiger partial charge in [-0.3, -0.25) is 14.6 Å². The molecule has 0 bridgehead atoms. The van der Waals surface area contributed by atoms with Crippen LogP contribution in [0, 0.1) is 0 Å². The molecule has 3 heterocycles. The summed E-state index contributed by atoms with van der Waals surface area (Å²) in [5.74, 6) is -1.12. The van der Waals surface area contributed by atoms with Crippen molar-refractivity contribution in [2.45, 2.75) is 25.9 Å². The molecule has 0 spiro atoms. The van der Waals surface area contributed by atoms with Gasteiger partial charge in [0.05, 0.1) is 32.6 Å². The van der Waals surface area contributed by atoms with Gasteiger partial charge >= 0.3 is 0 Å². The van der Waals surface area contributed by atoms with Crippen LogP contribution >= 0.6 is 0 Å². The van der Waals surface area contributed by atoms with Crippen molar-refractivity contribution in [2.75, 3.05) is 20.3 Å². The molecule has 1 aliphatic heterocycles. The zero-order valence-electron chi connectivity index (χ0n) is 18.4. The molecule has 9 heteroatoms. The highest BCUT2D eigenvalue weighted by Crippen LogP contribution is 2.41. The standard InChI is InChI=1S/C24H25N3O6/c1-3-32-17-8-7-16(14-19(17)31-2)21-20(22(28)18-6-4-13-33-18)23(29)24(30)27(21)11-5-10-26-12-9-25-15-26/h4,6-9,12-15,21H,3,5,10-11H2,1-2H3,(H,28,29). The van der Waals surface area contributed by atoms with Crippen molar-refractivity contribution in [3.63, 3.8) is 0 Å². The van der Waals surface area contributed by atoms with E-state index < -0.39 is 23.5 Å². The van der Waals surface area contributed by atoms with Gasteiger partial charge in [0.2, 0.25) is 18.0 Å². The van der Waals surface area contributed by atoms with Crippen LogP contribution in [0.3, 0.4) is 0 Å². The Kier molecular flexibility index (Phi) is 6.48. The summed E-state index contributed by atoms with van der Waals surface area (Å²) < 4.78 is 18.2. The summed E-state index contributed by atoms with van der Waals surface area (Å²) in [6.45, 7) is 3.24. The number of ketones is 1. The summed E-state index contributed by atoms with van der Waals surface area (Å²) in [6, 6.07) is 7.35. The van der Waals surface area contributed by atoms with Crippen molar-refractivity contribution < 1.29 is 33.2 Å².